The molecule has 2 aromatic heterocycles. The summed E-state index contributed by atoms with van der Waals surface area (Å²) in [6, 6.07) is 3.45. The maximum absolute atomic E-state index is 12.3. The Morgan fingerprint density at radius 2 is 2.44 bits per heavy atom. The van der Waals surface area contributed by atoms with Crippen molar-refractivity contribution < 1.29 is 9.21 Å². The van der Waals surface area contributed by atoms with Crippen LogP contribution in [0.1, 0.15) is 24.9 Å². The zero-order valence-corrected chi connectivity index (χ0v) is 10.6. The second-order valence-corrected chi connectivity index (χ2v) is 4.24. The molecule has 0 aliphatic heterocycles. The van der Waals surface area contributed by atoms with Gasteiger partial charge in [-0.3, -0.25) is 9.48 Å². The van der Waals surface area contributed by atoms with Crippen LogP contribution in [0.4, 0.5) is 0 Å². The van der Waals surface area contributed by atoms with Crippen LogP contribution in [0.3, 0.4) is 0 Å². The minimum Gasteiger partial charge on any atom is -0.472 e. The highest BCUT2D eigenvalue weighted by atomic mass is 16.3. The lowest BCUT2D eigenvalue weighted by atomic mass is 10.2. The molecule has 1 atom stereocenters. The second kappa shape index (κ2) is 5.53. The molecule has 96 valence electrons. The van der Waals surface area contributed by atoms with E-state index in [4.69, 9.17) is 4.42 Å². The van der Waals surface area contributed by atoms with Gasteiger partial charge in [0.25, 0.3) is 0 Å². The Morgan fingerprint density at radius 1 is 1.61 bits per heavy atom. The van der Waals surface area contributed by atoms with Crippen LogP contribution in [0, 0.1) is 0 Å². The molecule has 0 aliphatic rings. The first-order chi connectivity index (χ1) is 8.72. The fraction of sp³-hybridized carbons (Fsp3) is 0.385. The quantitative estimate of drug-likeness (QED) is 0.812. The van der Waals surface area contributed by atoms with Crippen molar-refractivity contribution in [1.29, 1.82) is 0 Å². The molecule has 18 heavy (non-hydrogen) atoms. The lowest BCUT2D eigenvalue weighted by Crippen LogP contribution is -2.34. The van der Waals surface area contributed by atoms with E-state index in [0.717, 1.165) is 12.0 Å². The summed E-state index contributed by atoms with van der Waals surface area (Å²) in [6.45, 7) is 2.53. The predicted octanol–water partition coefficient (Wildman–Crippen LogP) is 2.09. The Labute approximate surface area is 106 Å². The molecule has 1 amide bonds. The van der Waals surface area contributed by atoms with Gasteiger partial charge in [-0.15, -0.1) is 0 Å². The van der Waals surface area contributed by atoms with Crippen molar-refractivity contribution in [1.82, 2.24) is 14.7 Å². The normalized spacial score (nSPS) is 12.3. The molecule has 2 heterocycles. The van der Waals surface area contributed by atoms with E-state index in [-0.39, 0.29) is 11.9 Å². The third-order valence-electron chi connectivity index (χ3n) is 2.89. The van der Waals surface area contributed by atoms with Gasteiger partial charge in [-0.25, -0.2) is 0 Å². The Morgan fingerprint density at radius 3 is 3.00 bits per heavy atom. The van der Waals surface area contributed by atoms with E-state index in [2.05, 4.69) is 5.10 Å². The fourth-order valence-corrected chi connectivity index (χ4v) is 1.93. The van der Waals surface area contributed by atoms with Gasteiger partial charge in [0.2, 0.25) is 5.91 Å². The number of carbonyl (C=O) groups is 1. The summed E-state index contributed by atoms with van der Waals surface area (Å²) >= 11 is 0. The van der Waals surface area contributed by atoms with Crippen molar-refractivity contribution in [3.8, 4) is 0 Å². The molecule has 0 bridgehead atoms. The minimum atomic E-state index is -0.239. The third kappa shape index (κ3) is 2.61. The summed E-state index contributed by atoms with van der Waals surface area (Å²) in [5.74, 6) is 0.0578. The molecule has 0 spiro atoms. The first-order valence-corrected chi connectivity index (χ1v) is 5.97. The van der Waals surface area contributed by atoms with Gasteiger partial charge in [-0.05, 0) is 18.6 Å². The largest absolute Gasteiger partial charge is 0.472 e. The Bertz CT molecular complexity index is 476. The molecule has 2 aromatic rings. The first kappa shape index (κ1) is 12.4. The molecular weight excluding hydrogens is 230 g/mol. The minimum absolute atomic E-state index is 0.0578. The van der Waals surface area contributed by atoms with Gasteiger partial charge in [0.15, 0.2) is 0 Å². The van der Waals surface area contributed by atoms with Crippen LogP contribution in [0.2, 0.25) is 0 Å². The van der Waals surface area contributed by atoms with Crippen molar-refractivity contribution in [3.63, 3.8) is 0 Å². The number of nitrogens with zero attached hydrogens (tertiary/aromatic N) is 3. The number of carbonyl (C=O) groups excluding carboxylic acids is 1. The molecule has 0 saturated heterocycles. The number of aromatic nitrogens is 2. The van der Waals surface area contributed by atoms with E-state index >= 15 is 0 Å². The number of likely N-dealkylation sites (N-methyl/N-ethyl adjacent to an activating group) is 1. The Balaban J connectivity index is 2.05. The average Bonchev–Trinajstić information content (AvgIpc) is 3.02. The molecular formula is C13H17N3O2. The van der Waals surface area contributed by atoms with Gasteiger partial charge >= 0.3 is 0 Å². The van der Waals surface area contributed by atoms with Crippen LogP contribution in [0.5, 0.6) is 0 Å². The van der Waals surface area contributed by atoms with E-state index in [1.807, 2.05) is 25.3 Å². The van der Waals surface area contributed by atoms with Gasteiger partial charge in [-0.2, -0.15) is 5.10 Å². The number of amides is 1. The number of hydrogen-bond acceptors (Lipinski definition) is 3. The monoisotopic (exact) mass is 247 g/mol. The van der Waals surface area contributed by atoms with Gasteiger partial charge in [0, 0.05) is 31.5 Å². The summed E-state index contributed by atoms with van der Waals surface area (Å²) in [5, 5.41) is 4.14. The highest BCUT2D eigenvalue weighted by molar-refractivity contribution is 5.80. The molecule has 0 unspecified atom stereocenters. The van der Waals surface area contributed by atoms with E-state index in [0.29, 0.717) is 6.54 Å². The standard InChI is InChI=1S/C13H17N3O2/c1-3-12(16-7-4-6-14-16)13(17)15(2)9-11-5-8-18-10-11/h4-8,10,12H,3,9H2,1-2H3/t12-/m1/s1. The van der Waals surface area contributed by atoms with Gasteiger partial charge in [-0.1, -0.05) is 6.92 Å². The maximum atomic E-state index is 12.3. The van der Waals surface area contributed by atoms with Crippen LogP contribution in [0.15, 0.2) is 41.5 Å². The van der Waals surface area contributed by atoms with Crippen LogP contribution in [-0.4, -0.2) is 27.6 Å². The lowest BCUT2D eigenvalue weighted by molar-refractivity contribution is -0.134. The topological polar surface area (TPSA) is 51.3 Å². The molecule has 5 heteroatoms. The smallest absolute Gasteiger partial charge is 0.247 e. The van der Waals surface area contributed by atoms with E-state index in [1.165, 1.54) is 0 Å². The van der Waals surface area contributed by atoms with Crippen LogP contribution < -0.4 is 0 Å². The van der Waals surface area contributed by atoms with Crippen molar-refractivity contribution in [2.24, 2.45) is 0 Å². The molecule has 2 rings (SSSR count). The fourth-order valence-electron chi connectivity index (χ4n) is 1.93. The number of rotatable bonds is 5. The molecule has 0 aliphatic carbocycles. The zero-order chi connectivity index (χ0) is 13.0. The third-order valence-corrected chi connectivity index (χ3v) is 2.89. The molecule has 0 N–H and O–H groups in total. The highest BCUT2D eigenvalue weighted by Gasteiger charge is 2.22. The SMILES string of the molecule is CC[C@H](C(=O)N(C)Cc1ccoc1)n1cccn1. The van der Waals surface area contributed by atoms with E-state index < -0.39 is 0 Å². The summed E-state index contributed by atoms with van der Waals surface area (Å²) in [5.41, 5.74) is 0.987. The highest BCUT2D eigenvalue weighted by Crippen LogP contribution is 2.15. The molecule has 5 nitrogen and oxygen atoms in total. The second-order valence-electron chi connectivity index (χ2n) is 4.24. The summed E-state index contributed by atoms with van der Waals surface area (Å²) < 4.78 is 6.70. The van der Waals surface area contributed by atoms with Gasteiger partial charge < -0.3 is 9.32 Å². The van der Waals surface area contributed by atoms with Crippen molar-refractivity contribution in [2.75, 3.05) is 7.05 Å². The predicted molar refractivity (Wildman–Crippen MR) is 66.7 cm³/mol. The summed E-state index contributed by atoms with van der Waals surface area (Å²) in [6.07, 6.45) is 7.48. The zero-order valence-electron chi connectivity index (χ0n) is 10.6. The van der Waals surface area contributed by atoms with E-state index in [1.54, 1.807) is 35.4 Å². The van der Waals surface area contributed by atoms with Crippen molar-refractivity contribution in [3.05, 3.63) is 42.6 Å². The summed E-state index contributed by atoms with van der Waals surface area (Å²) in [4.78, 5) is 14.0. The van der Waals surface area contributed by atoms with Crippen LogP contribution in [-0.2, 0) is 11.3 Å². The van der Waals surface area contributed by atoms with Gasteiger partial charge in [0.1, 0.15) is 6.04 Å². The first-order valence-electron chi connectivity index (χ1n) is 5.97. The molecule has 0 radical (unpaired) electrons. The van der Waals surface area contributed by atoms with Gasteiger partial charge in [0.05, 0.1) is 12.5 Å². The van der Waals surface area contributed by atoms with Crippen LogP contribution >= 0.6 is 0 Å². The number of hydrogen-bond donors (Lipinski definition) is 0. The number of furan rings is 1. The van der Waals surface area contributed by atoms with E-state index in [9.17, 15) is 4.79 Å². The van der Waals surface area contributed by atoms with Crippen molar-refractivity contribution >= 4 is 5.91 Å². The molecule has 0 aromatic carbocycles. The lowest BCUT2D eigenvalue weighted by Gasteiger charge is -2.22. The summed E-state index contributed by atoms with van der Waals surface area (Å²) in [7, 11) is 1.79. The molecule has 0 fully saturated rings. The Kier molecular flexibility index (Phi) is 3.82. The average molecular weight is 247 g/mol. The molecule has 0 saturated carbocycles. The Hall–Kier alpha value is -2.04. The van der Waals surface area contributed by atoms with Crippen molar-refractivity contribution in [2.45, 2.75) is 25.9 Å². The van der Waals surface area contributed by atoms with Crippen LogP contribution in [0.25, 0.3) is 0 Å². The maximum Gasteiger partial charge on any atom is 0.247 e.